The molecule has 0 bridgehead atoms. The first-order chi connectivity index (χ1) is 13.2. The first-order valence-electron chi connectivity index (χ1n) is 10.1. The molecule has 1 amide bonds. The average Bonchev–Trinajstić information content (AvgIpc) is 2.69. The minimum absolute atomic E-state index is 0.0313. The number of carbonyl (C=O) groups is 1. The standard InChI is InChI=1S/C23H29N3O/c1-25-12-14-26(15-13-25)17-18-6-4-9-20(16-18)24-23(27)22-11-5-8-19-7-2-3-10-21(19)22/h2-4,6-7,9-10,16,22H,5,8,11-15,17H2,1H3,(H,24,27). The molecule has 4 rings (SSSR count). The van der Waals surface area contributed by atoms with E-state index < -0.39 is 0 Å². The lowest BCUT2D eigenvalue weighted by atomic mass is 9.82. The second-order valence-corrected chi connectivity index (χ2v) is 7.91. The second-order valence-electron chi connectivity index (χ2n) is 7.91. The molecule has 0 saturated carbocycles. The fourth-order valence-electron chi connectivity index (χ4n) is 4.27. The summed E-state index contributed by atoms with van der Waals surface area (Å²) < 4.78 is 0. The average molecular weight is 364 g/mol. The van der Waals surface area contributed by atoms with Crippen LogP contribution in [0.3, 0.4) is 0 Å². The normalized spacial score (nSPS) is 20.9. The van der Waals surface area contributed by atoms with Crippen LogP contribution in [0.1, 0.15) is 35.4 Å². The quantitative estimate of drug-likeness (QED) is 0.903. The molecular weight excluding hydrogens is 334 g/mol. The molecule has 4 heteroatoms. The smallest absolute Gasteiger partial charge is 0.231 e. The van der Waals surface area contributed by atoms with Gasteiger partial charge in [0.05, 0.1) is 5.92 Å². The van der Waals surface area contributed by atoms with Crippen LogP contribution in [0.15, 0.2) is 48.5 Å². The lowest BCUT2D eigenvalue weighted by Crippen LogP contribution is -2.43. The van der Waals surface area contributed by atoms with Crippen molar-refractivity contribution < 1.29 is 4.79 Å². The molecule has 0 radical (unpaired) electrons. The Balaban J connectivity index is 1.42. The molecule has 1 unspecified atom stereocenters. The van der Waals surface area contributed by atoms with Crippen molar-refractivity contribution >= 4 is 11.6 Å². The molecule has 4 nitrogen and oxygen atoms in total. The maximum Gasteiger partial charge on any atom is 0.231 e. The second kappa shape index (κ2) is 8.24. The molecule has 0 spiro atoms. The summed E-state index contributed by atoms with van der Waals surface area (Å²) in [6.07, 6.45) is 3.10. The molecule has 27 heavy (non-hydrogen) atoms. The van der Waals surface area contributed by atoms with Crippen molar-refractivity contribution in [3.63, 3.8) is 0 Å². The largest absolute Gasteiger partial charge is 0.326 e. The van der Waals surface area contributed by atoms with Crippen LogP contribution in [0, 0.1) is 0 Å². The molecule has 1 heterocycles. The Labute approximate surface area is 162 Å². The Kier molecular flexibility index (Phi) is 5.55. The predicted molar refractivity (Wildman–Crippen MR) is 110 cm³/mol. The van der Waals surface area contributed by atoms with Crippen LogP contribution < -0.4 is 5.32 Å². The van der Waals surface area contributed by atoms with Gasteiger partial charge in [0.2, 0.25) is 5.91 Å². The van der Waals surface area contributed by atoms with Gasteiger partial charge < -0.3 is 10.2 Å². The van der Waals surface area contributed by atoms with Gasteiger partial charge in [0, 0.05) is 38.4 Å². The Morgan fingerprint density at radius 1 is 1.07 bits per heavy atom. The van der Waals surface area contributed by atoms with E-state index in [1.54, 1.807) is 0 Å². The number of hydrogen-bond donors (Lipinski definition) is 1. The number of fused-ring (bicyclic) bond motifs is 1. The molecule has 1 N–H and O–H groups in total. The zero-order valence-electron chi connectivity index (χ0n) is 16.2. The Morgan fingerprint density at radius 3 is 2.74 bits per heavy atom. The number of nitrogens with zero attached hydrogens (tertiary/aromatic N) is 2. The van der Waals surface area contributed by atoms with Gasteiger partial charge in [0.1, 0.15) is 0 Å². The molecule has 0 aromatic heterocycles. The highest BCUT2D eigenvalue weighted by Gasteiger charge is 2.26. The zero-order valence-corrected chi connectivity index (χ0v) is 16.2. The van der Waals surface area contributed by atoms with Gasteiger partial charge in [-0.3, -0.25) is 9.69 Å². The maximum atomic E-state index is 12.9. The minimum Gasteiger partial charge on any atom is -0.326 e. The Hall–Kier alpha value is -2.17. The highest BCUT2D eigenvalue weighted by molar-refractivity contribution is 5.96. The zero-order chi connectivity index (χ0) is 18.6. The molecule has 142 valence electrons. The van der Waals surface area contributed by atoms with Gasteiger partial charge in [-0.05, 0) is 55.1 Å². The number of rotatable bonds is 4. The molecule has 1 aliphatic carbocycles. The number of nitrogens with one attached hydrogen (secondary N) is 1. The summed E-state index contributed by atoms with van der Waals surface area (Å²) in [5, 5.41) is 3.17. The van der Waals surface area contributed by atoms with E-state index in [-0.39, 0.29) is 11.8 Å². The minimum atomic E-state index is -0.0313. The number of benzene rings is 2. The summed E-state index contributed by atoms with van der Waals surface area (Å²) in [6, 6.07) is 16.7. The van der Waals surface area contributed by atoms with Gasteiger partial charge in [-0.2, -0.15) is 0 Å². The first kappa shape index (κ1) is 18.2. The maximum absolute atomic E-state index is 12.9. The summed E-state index contributed by atoms with van der Waals surface area (Å²) in [7, 11) is 2.18. The van der Waals surface area contributed by atoms with Gasteiger partial charge >= 0.3 is 0 Å². The van der Waals surface area contributed by atoms with E-state index in [4.69, 9.17) is 0 Å². The molecule has 1 saturated heterocycles. The van der Waals surface area contributed by atoms with E-state index in [0.717, 1.165) is 57.7 Å². The lowest BCUT2D eigenvalue weighted by Gasteiger charge is -2.32. The van der Waals surface area contributed by atoms with Crippen molar-refractivity contribution in [2.24, 2.45) is 0 Å². The van der Waals surface area contributed by atoms with Crippen molar-refractivity contribution in [2.45, 2.75) is 31.7 Å². The van der Waals surface area contributed by atoms with E-state index in [1.165, 1.54) is 16.7 Å². The number of piperazine rings is 1. The Bertz CT molecular complexity index is 796. The van der Waals surface area contributed by atoms with E-state index in [2.05, 4.69) is 58.6 Å². The van der Waals surface area contributed by atoms with E-state index in [1.807, 2.05) is 12.1 Å². The number of amides is 1. The third kappa shape index (κ3) is 4.40. The van der Waals surface area contributed by atoms with Crippen LogP contribution >= 0.6 is 0 Å². The van der Waals surface area contributed by atoms with Crippen molar-refractivity contribution in [1.29, 1.82) is 0 Å². The number of aryl methyl sites for hydroxylation is 1. The highest BCUT2D eigenvalue weighted by atomic mass is 16.1. The van der Waals surface area contributed by atoms with Crippen LogP contribution in [-0.2, 0) is 17.8 Å². The molecule has 1 fully saturated rings. The van der Waals surface area contributed by atoms with E-state index in [9.17, 15) is 4.79 Å². The summed E-state index contributed by atoms with van der Waals surface area (Å²) in [5.74, 6) is 0.0927. The van der Waals surface area contributed by atoms with Crippen LogP contribution in [0.2, 0.25) is 0 Å². The van der Waals surface area contributed by atoms with Gasteiger partial charge in [-0.1, -0.05) is 36.4 Å². The lowest BCUT2D eigenvalue weighted by molar-refractivity contribution is -0.117. The third-order valence-corrected chi connectivity index (χ3v) is 5.88. The summed E-state index contributed by atoms with van der Waals surface area (Å²) in [6.45, 7) is 5.40. The molecule has 1 atom stereocenters. The monoisotopic (exact) mass is 363 g/mol. The fourth-order valence-corrected chi connectivity index (χ4v) is 4.27. The topological polar surface area (TPSA) is 35.6 Å². The first-order valence-corrected chi connectivity index (χ1v) is 10.1. The number of carbonyl (C=O) groups excluding carboxylic acids is 1. The molecule has 1 aliphatic heterocycles. The molecule has 2 aliphatic rings. The molecular formula is C23H29N3O. The van der Waals surface area contributed by atoms with Gasteiger partial charge in [-0.25, -0.2) is 0 Å². The SMILES string of the molecule is CN1CCN(Cc2cccc(NC(=O)C3CCCc4ccccc43)c2)CC1. The fraction of sp³-hybridized carbons (Fsp3) is 0.435. The van der Waals surface area contributed by atoms with Crippen LogP contribution in [0.5, 0.6) is 0 Å². The van der Waals surface area contributed by atoms with Gasteiger partial charge in [-0.15, -0.1) is 0 Å². The highest BCUT2D eigenvalue weighted by Crippen LogP contribution is 2.32. The van der Waals surface area contributed by atoms with E-state index in [0.29, 0.717) is 0 Å². The molecule has 2 aromatic rings. The van der Waals surface area contributed by atoms with Crippen molar-refractivity contribution in [1.82, 2.24) is 9.80 Å². The van der Waals surface area contributed by atoms with E-state index >= 15 is 0 Å². The van der Waals surface area contributed by atoms with Crippen LogP contribution in [-0.4, -0.2) is 48.9 Å². The number of anilines is 1. The van der Waals surface area contributed by atoms with Crippen molar-refractivity contribution in [3.05, 3.63) is 65.2 Å². The Morgan fingerprint density at radius 2 is 1.89 bits per heavy atom. The number of hydrogen-bond acceptors (Lipinski definition) is 3. The summed E-state index contributed by atoms with van der Waals surface area (Å²) >= 11 is 0. The van der Waals surface area contributed by atoms with Gasteiger partial charge in [0.25, 0.3) is 0 Å². The number of likely N-dealkylation sites (N-methyl/N-ethyl adjacent to an activating group) is 1. The predicted octanol–water partition coefficient (Wildman–Crippen LogP) is 3.49. The van der Waals surface area contributed by atoms with Crippen LogP contribution in [0.25, 0.3) is 0 Å². The van der Waals surface area contributed by atoms with Crippen molar-refractivity contribution in [3.8, 4) is 0 Å². The molecule has 2 aromatic carbocycles. The summed E-state index contributed by atoms with van der Waals surface area (Å²) in [5.41, 5.74) is 4.71. The van der Waals surface area contributed by atoms with Gasteiger partial charge in [0.15, 0.2) is 0 Å². The third-order valence-electron chi connectivity index (χ3n) is 5.88. The van der Waals surface area contributed by atoms with Crippen molar-refractivity contribution in [2.75, 3.05) is 38.5 Å². The van der Waals surface area contributed by atoms with Crippen LogP contribution in [0.4, 0.5) is 5.69 Å². The summed E-state index contributed by atoms with van der Waals surface area (Å²) in [4.78, 5) is 17.8.